The van der Waals surface area contributed by atoms with Crippen molar-refractivity contribution in [2.45, 2.75) is 26.8 Å². The highest BCUT2D eigenvalue weighted by Gasteiger charge is 2.17. The summed E-state index contributed by atoms with van der Waals surface area (Å²) in [6, 6.07) is 7.14. The highest BCUT2D eigenvalue weighted by atomic mass is 16.5. The summed E-state index contributed by atoms with van der Waals surface area (Å²) in [5.41, 5.74) is 0.599. The van der Waals surface area contributed by atoms with Gasteiger partial charge < -0.3 is 15.0 Å². The Kier molecular flexibility index (Phi) is 5.36. The summed E-state index contributed by atoms with van der Waals surface area (Å²) >= 11 is 0. The molecule has 0 heterocycles. The van der Waals surface area contributed by atoms with Gasteiger partial charge in [0.25, 0.3) is 0 Å². The molecule has 0 spiro atoms. The molecule has 2 amide bonds. The SMILES string of the molecule is COc1ccccc1NC(=O)CN(C(C)=O)C(C)C. The molecule has 0 saturated carbocycles. The van der Waals surface area contributed by atoms with Crippen molar-refractivity contribution < 1.29 is 14.3 Å². The summed E-state index contributed by atoms with van der Waals surface area (Å²) in [5, 5.41) is 2.74. The minimum atomic E-state index is -0.242. The molecule has 0 unspecified atom stereocenters. The number of ether oxygens (including phenoxy) is 1. The van der Waals surface area contributed by atoms with E-state index in [-0.39, 0.29) is 24.4 Å². The van der Waals surface area contributed by atoms with Crippen molar-refractivity contribution in [1.29, 1.82) is 0 Å². The number of methoxy groups -OCH3 is 1. The van der Waals surface area contributed by atoms with Crippen LogP contribution >= 0.6 is 0 Å². The number of anilines is 1. The van der Waals surface area contributed by atoms with E-state index in [1.807, 2.05) is 26.0 Å². The Balaban J connectivity index is 2.72. The Bertz CT molecular complexity index is 458. The molecule has 0 bridgehead atoms. The van der Waals surface area contributed by atoms with Crippen molar-refractivity contribution in [3.8, 4) is 5.75 Å². The molecule has 0 aliphatic rings. The molecule has 0 fully saturated rings. The van der Waals surface area contributed by atoms with E-state index in [4.69, 9.17) is 4.74 Å². The predicted octanol–water partition coefficient (Wildman–Crippen LogP) is 1.89. The average molecular weight is 264 g/mol. The van der Waals surface area contributed by atoms with Crippen LogP contribution in [0.25, 0.3) is 0 Å². The summed E-state index contributed by atoms with van der Waals surface area (Å²) in [6.45, 7) is 5.23. The fraction of sp³-hybridized carbons (Fsp3) is 0.429. The van der Waals surface area contributed by atoms with Crippen LogP contribution in [-0.4, -0.2) is 36.4 Å². The van der Waals surface area contributed by atoms with E-state index >= 15 is 0 Å². The van der Waals surface area contributed by atoms with Crippen LogP contribution in [0.5, 0.6) is 5.75 Å². The lowest BCUT2D eigenvalue weighted by molar-refractivity contribution is -0.134. The first-order valence-corrected chi connectivity index (χ1v) is 6.15. The summed E-state index contributed by atoms with van der Waals surface area (Å²) in [6.07, 6.45) is 0. The largest absolute Gasteiger partial charge is 0.495 e. The number of rotatable bonds is 5. The van der Waals surface area contributed by atoms with Crippen molar-refractivity contribution >= 4 is 17.5 Å². The standard InChI is InChI=1S/C14H20N2O3/c1-10(2)16(11(3)17)9-14(18)15-12-7-5-6-8-13(12)19-4/h5-8,10H,9H2,1-4H3,(H,15,18). The Morgan fingerprint density at radius 3 is 2.47 bits per heavy atom. The topological polar surface area (TPSA) is 58.6 Å². The van der Waals surface area contributed by atoms with Crippen molar-refractivity contribution in [3.63, 3.8) is 0 Å². The van der Waals surface area contributed by atoms with Crippen LogP contribution in [0.4, 0.5) is 5.69 Å². The van der Waals surface area contributed by atoms with E-state index in [0.717, 1.165) is 0 Å². The molecule has 1 N–H and O–H groups in total. The Hall–Kier alpha value is -2.04. The van der Waals surface area contributed by atoms with Crippen molar-refractivity contribution in [2.24, 2.45) is 0 Å². The maximum absolute atomic E-state index is 11.9. The van der Waals surface area contributed by atoms with Crippen LogP contribution in [0.15, 0.2) is 24.3 Å². The molecule has 5 nitrogen and oxygen atoms in total. The smallest absolute Gasteiger partial charge is 0.244 e. The van der Waals surface area contributed by atoms with Crippen LogP contribution in [0, 0.1) is 0 Å². The first-order chi connectivity index (χ1) is 8.95. The molecule has 0 aromatic heterocycles. The minimum Gasteiger partial charge on any atom is -0.495 e. The van der Waals surface area contributed by atoms with E-state index in [1.54, 1.807) is 19.2 Å². The summed E-state index contributed by atoms with van der Waals surface area (Å²) in [7, 11) is 1.54. The van der Waals surface area contributed by atoms with Gasteiger partial charge in [-0.15, -0.1) is 0 Å². The van der Waals surface area contributed by atoms with Gasteiger partial charge in [-0.2, -0.15) is 0 Å². The fourth-order valence-electron chi connectivity index (χ4n) is 1.75. The molecule has 0 aliphatic heterocycles. The van der Waals surface area contributed by atoms with Crippen LogP contribution in [0.3, 0.4) is 0 Å². The summed E-state index contributed by atoms with van der Waals surface area (Å²) < 4.78 is 5.15. The quantitative estimate of drug-likeness (QED) is 0.883. The van der Waals surface area contributed by atoms with Gasteiger partial charge in [-0.3, -0.25) is 9.59 Å². The van der Waals surface area contributed by atoms with E-state index in [9.17, 15) is 9.59 Å². The maximum atomic E-state index is 11.9. The lowest BCUT2D eigenvalue weighted by Gasteiger charge is -2.24. The van der Waals surface area contributed by atoms with Crippen LogP contribution in [0.2, 0.25) is 0 Å². The number of hydrogen-bond acceptors (Lipinski definition) is 3. The van der Waals surface area contributed by atoms with Gasteiger partial charge in [-0.25, -0.2) is 0 Å². The highest BCUT2D eigenvalue weighted by Crippen LogP contribution is 2.22. The zero-order valence-corrected chi connectivity index (χ0v) is 11.8. The Labute approximate surface area is 113 Å². The highest BCUT2D eigenvalue weighted by molar-refractivity contribution is 5.95. The van der Waals surface area contributed by atoms with Gasteiger partial charge in [0.05, 0.1) is 12.8 Å². The van der Waals surface area contributed by atoms with Crippen molar-refractivity contribution in [2.75, 3.05) is 19.0 Å². The molecular weight excluding hydrogens is 244 g/mol. The van der Waals surface area contributed by atoms with Crippen LogP contribution in [-0.2, 0) is 9.59 Å². The van der Waals surface area contributed by atoms with Crippen molar-refractivity contribution in [3.05, 3.63) is 24.3 Å². The third-order valence-corrected chi connectivity index (χ3v) is 2.72. The van der Waals surface area contributed by atoms with Crippen molar-refractivity contribution in [1.82, 2.24) is 4.90 Å². The molecule has 1 aromatic rings. The second kappa shape index (κ2) is 6.78. The monoisotopic (exact) mass is 264 g/mol. The van der Waals surface area contributed by atoms with E-state index in [1.165, 1.54) is 11.8 Å². The Morgan fingerprint density at radius 2 is 1.95 bits per heavy atom. The van der Waals surface area contributed by atoms with Gasteiger partial charge >= 0.3 is 0 Å². The molecular formula is C14H20N2O3. The molecule has 1 aromatic carbocycles. The minimum absolute atomic E-state index is 0.0130. The predicted molar refractivity (Wildman–Crippen MR) is 74.1 cm³/mol. The number of hydrogen-bond donors (Lipinski definition) is 1. The zero-order valence-electron chi connectivity index (χ0n) is 11.8. The molecule has 0 atom stereocenters. The van der Waals surface area contributed by atoms with Gasteiger partial charge in [-0.1, -0.05) is 12.1 Å². The Morgan fingerprint density at radius 1 is 1.32 bits per heavy atom. The summed E-state index contributed by atoms with van der Waals surface area (Å²) in [5.74, 6) is 0.230. The molecule has 0 saturated heterocycles. The second-order valence-corrected chi connectivity index (χ2v) is 4.49. The van der Waals surface area contributed by atoms with Gasteiger partial charge in [0.2, 0.25) is 11.8 Å². The number of nitrogens with zero attached hydrogens (tertiary/aromatic N) is 1. The van der Waals surface area contributed by atoms with Gasteiger partial charge in [0.15, 0.2) is 0 Å². The molecule has 0 radical (unpaired) electrons. The lowest BCUT2D eigenvalue weighted by Crippen LogP contribution is -2.41. The van der Waals surface area contributed by atoms with Gasteiger partial charge in [0.1, 0.15) is 12.3 Å². The third-order valence-electron chi connectivity index (χ3n) is 2.72. The molecule has 19 heavy (non-hydrogen) atoms. The number of para-hydroxylation sites is 2. The number of nitrogens with one attached hydrogen (secondary N) is 1. The zero-order chi connectivity index (χ0) is 14.4. The first kappa shape index (κ1) is 15.0. The molecule has 104 valence electrons. The van der Waals surface area contributed by atoms with Gasteiger partial charge in [-0.05, 0) is 26.0 Å². The number of carbonyl (C=O) groups excluding carboxylic acids is 2. The second-order valence-electron chi connectivity index (χ2n) is 4.49. The van der Waals surface area contributed by atoms with E-state index < -0.39 is 0 Å². The average Bonchev–Trinajstić information content (AvgIpc) is 2.36. The van der Waals surface area contributed by atoms with Crippen LogP contribution in [0.1, 0.15) is 20.8 Å². The number of benzene rings is 1. The van der Waals surface area contributed by atoms with E-state index in [0.29, 0.717) is 11.4 Å². The van der Waals surface area contributed by atoms with Crippen LogP contribution < -0.4 is 10.1 Å². The first-order valence-electron chi connectivity index (χ1n) is 6.15. The maximum Gasteiger partial charge on any atom is 0.244 e. The number of carbonyl (C=O) groups is 2. The third kappa shape index (κ3) is 4.28. The molecule has 1 rings (SSSR count). The number of amides is 2. The lowest BCUT2D eigenvalue weighted by atomic mass is 10.2. The molecule has 5 heteroatoms. The van der Waals surface area contributed by atoms with Gasteiger partial charge in [0, 0.05) is 13.0 Å². The normalized spacial score (nSPS) is 10.2. The molecule has 0 aliphatic carbocycles. The fourth-order valence-corrected chi connectivity index (χ4v) is 1.75. The summed E-state index contributed by atoms with van der Waals surface area (Å²) in [4.78, 5) is 24.9. The van der Waals surface area contributed by atoms with E-state index in [2.05, 4.69) is 5.32 Å².